The largest absolute Gasteiger partial charge is 0.455 e. The highest BCUT2D eigenvalue weighted by Gasteiger charge is 2.24. The van der Waals surface area contributed by atoms with Gasteiger partial charge in [0.2, 0.25) is 11.9 Å². The standard InChI is InChI=1S/C51H30N6O/c1-2-15-31(16-3-1)55-41-24-9-6-19-34(41)39-29-40-35-20-7-12-27-44(35)57(46(40)30-45(39)55)51-53-49(38-23-14-22-37-36-21-8-13-28-47(36)58-48(37)38)52-50(54-51)56-42-25-10-4-17-32(42)33-18-5-11-26-43(33)56/h1-30H. The van der Waals surface area contributed by atoms with Crippen LogP contribution in [0.4, 0.5) is 0 Å². The molecule has 0 spiro atoms. The fourth-order valence-corrected chi connectivity index (χ4v) is 9.24. The van der Waals surface area contributed by atoms with E-state index in [2.05, 4.69) is 171 Å². The first-order chi connectivity index (χ1) is 28.8. The normalized spacial score (nSPS) is 12.1. The highest BCUT2D eigenvalue weighted by atomic mass is 16.3. The van der Waals surface area contributed by atoms with E-state index in [1.807, 2.05) is 24.3 Å². The maximum atomic E-state index is 6.60. The number of hydrogen-bond acceptors (Lipinski definition) is 4. The van der Waals surface area contributed by atoms with Gasteiger partial charge in [0.1, 0.15) is 11.2 Å². The highest BCUT2D eigenvalue weighted by Crippen LogP contribution is 2.41. The number of para-hydroxylation sites is 7. The van der Waals surface area contributed by atoms with Crippen molar-refractivity contribution < 1.29 is 4.42 Å². The molecule has 0 saturated carbocycles. The summed E-state index contributed by atoms with van der Waals surface area (Å²) in [5, 5.41) is 8.97. The third-order valence-electron chi connectivity index (χ3n) is 11.7. The average Bonchev–Trinajstić information content (AvgIpc) is 4.02. The predicted octanol–water partition coefficient (Wildman–Crippen LogP) is 12.7. The minimum atomic E-state index is 0.517. The second-order valence-electron chi connectivity index (χ2n) is 14.8. The van der Waals surface area contributed by atoms with Crippen LogP contribution in [0.25, 0.3) is 116 Å². The van der Waals surface area contributed by atoms with E-state index >= 15 is 0 Å². The fourth-order valence-electron chi connectivity index (χ4n) is 9.24. The Labute approximate surface area is 330 Å². The topological polar surface area (TPSA) is 66.6 Å². The zero-order chi connectivity index (χ0) is 37.9. The summed E-state index contributed by atoms with van der Waals surface area (Å²) in [6.45, 7) is 0. The van der Waals surface area contributed by atoms with Crippen LogP contribution in [0.1, 0.15) is 0 Å². The van der Waals surface area contributed by atoms with Gasteiger partial charge < -0.3 is 8.98 Å². The van der Waals surface area contributed by atoms with E-state index in [1.165, 1.54) is 10.8 Å². The molecule has 13 aromatic rings. The summed E-state index contributed by atoms with van der Waals surface area (Å²) in [4.78, 5) is 16.2. The van der Waals surface area contributed by atoms with Crippen molar-refractivity contribution >= 4 is 87.4 Å². The van der Waals surface area contributed by atoms with Gasteiger partial charge in [-0.25, -0.2) is 0 Å². The minimum Gasteiger partial charge on any atom is -0.455 e. The summed E-state index contributed by atoms with van der Waals surface area (Å²) in [5.41, 5.74) is 9.77. The Morgan fingerprint density at radius 3 is 1.41 bits per heavy atom. The van der Waals surface area contributed by atoms with Gasteiger partial charge in [-0.15, -0.1) is 0 Å². The molecule has 0 aliphatic carbocycles. The molecule has 0 aliphatic rings. The molecule has 0 unspecified atom stereocenters. The summed E-state index contributed by atoms with van der Waals surface area (Å²) in [7, 11) is 0. The van der Waals surface area contributed by atoms with Gasteiger partial charge in [-0.05, 0) is 60.7 Å². The molecule has 0 aliphatic heterocycles. The van der Waals surface area contributed by atoms with Crippen LogP contribution in [-0.2, 0) is 0 Å². The zero-order valence-corrected chi connectivity index (χ0v) is 30.9. The SMILES string of the molecule is c1ccc(-n2c3ccccc3c3cc4c5ccccc5n(-c5nc(-c6cccc7c6oc6ccccc67)nc(-n6c7ccccc7c7ccccc76)n5)c4cc32)cc1. The van der Waals surface area contributed by atoms with Gasteiger partial charge in [-0.3, -0.25) is 9.13 Å². The van der Waals surface area contributed by atoms with Crippen molar-refractivity contribution in [2.75, 3.05) is 0 Å². The average molecular weight is 743 g/mol. The minimum absolute atomic E-state index is 0.517. The molecule has 7 heteroatoms. The maximum absolute atomic E-state index is 6.60. The lowest BCUT2D eigenvalue weighted by Gasteiger charge is -2.13. The van der Waals surface area contributed by atoms with Crippen LogP contribution < -0.4 is 0 Å². The van der Waals surface area contributed by atoms with Crippen molar-refractivity contribution in [2.24, 2.45) is 0 Å². The first-order valence-electron chi connectivity index (χ1n) is 19.5. The number of furan rings is 1. The lowest BCUT2D eigenvalue weighted by molar-refractivity contribution is 0.669. The Morgan fingerprint density at radius 2 is 0.793 bits per heavy atom. The monoisotopic (exact) mass is 742 g/mol. The van der Waals surface area contributed by atoms with Crippen LogP contribution in [0, 0.1) is 0 Å². The quantitative estimate of drug-likeness (QED) is 0.180. The molecule has 5 aromatic heterocycles. The number of benzene rings is 8. The third kappa shape index (κ3) is 4.30. The van der Waals surface area contributed by atoms with Gasteiger partial charge in [-0.1, -0.05) is 121 Å². The van der Waals surface area contributed by atoms with Crippen molar-refractivity contribution in [2.45, 2.75) is 0 Å². The van der Waals surface area contributed by atoms with Gasteiger partial charge in [0.15, 0.2) is 5.82 Å². The number of rotatable bonds is 4. The van der Waals surface area contributed by atoms with Crippen molar-refractivity contribution in [3.63, 3.8) is 0 Å². The van der Waals surface area contributed by atoms with E-state index in [4.69, 9.17) is 19.4 Å². The van der Waals surface area contributed by atoms with Gasteiger partial charge >= 0.3 is 0 Å². The van der Waals surface area contributed by atoms with E-state index in [0.717, 1.165) is 87.8 Å². The molecule has 0 bridgehead atoms. The molecule has 0 fully saturated rings. The van der Waals surface area contributed by atoms with Gasteiger partial charge in [0, 0.05) is 48.8 Å². The smallest absolute Gasteiger partial charge is 0.240 e. The summed E-state index contributed by atoms with van der Waals surface area (Å²) in [6, 6.07) is 63.7. The lowest BCUT2D eigenvalue weighted by atomic mass is 10.1. The molecular formula is C51H30N6O. The molecule has 0 N–H and O–H groups in total. The first-order valence-corrected chi connectivity index (χ1v) is 19.5. The Bertz CT molecular complexity index is 3760. The van der Waals surface area contributed by atoms with E-state index in [1.54, 1.807) is 0 Å². The summed E-state index contributed by atoms with van der Waals surface area (Å²) in [6.07, 6.45) is 0. The van der Waals surface area contributed by atoms with Crippen molar-refractivity contribution in [3.05, 3.63) is 182 Å². The number of fused-ring (bicyclic) bond motifs is 12. The lowest BCUT2D eigenvalue weighted by Crippen LogP contribution is -2.10. The molecule has 13 rings (SSSR count). The molecule has 5 heterocycles. The summed E-state index contributed by atoms with van der Waals surface area (Å²) < 4.78 is 13.3. The number of hydrogen-bond donors (Lipinski definition) is 0. The number of aromatic nitrogens is 6. The molecule has 7 nitrogen and oxygen atoms in total. The van der Waals surface area contributed by atoms with Crippen molar-refractivity contribution in [1.82, 2.24) is 28.7 Å². The van der Waals surface area contributed by atoms with Crippen LogP contribution in [0.2, 0.25) is 0 Å². The van der Waals surface area contributed by atoms with Crippen molar-refractivity contribution in [1.29, 1.82) is 0 Å². The Hall–Kier alpha value is -8.03. The predicted molar refractivity (Wildman–Crippen MR) is 236 cm³/mol. The van der Waals surface area contributed by atoms with Crippen LogP contribution in [0.15, 0.2) is 186 Å². The first kappa shape index (κ1) is 31.2. The fraction of sp³-hybridized carbons (Fsp3) is 0. The van der Waals surface area contributed by atoms with E-state index in [9.17, 15) is 0 Å². The second-order valence-corrected chi connectivity index (χ2v) is 14.8. The molecular weight excluding hydrogens is 713 g/mol. The second kappa shape index (κ2) is 11.7. The number of nitrogens with zero attached hydrogens (tertiary/aromatic N) is 6. The molecule has 0 atom stereocenters. The third-order valence-corrected chi connectivity index (χ3v) is 11.7. The van der Waals surface area contributed by atoms with Crippen molar-refractivity contribution in [3.8, 4) is 29.0 Å². The van der Waals surface area contributed by atoms with E-state index in [0.29, 0.717) is 17.7 Å². The molecule has 0 saturated heterocycles. The van der Waals surface area contributed by atoms with E-state index < -0.39 is 0 Å². The highest BCUT2D eigenvalue weighted by molar-refractivity contribution is 6.19. The Kier molecular flexibility index (Phi) is 6.32. The molecule has 0 radical (unpaired) electrons. The summed E-state index contributed by atoms with van der Waals surface area (Å²) in [5.74, 6) is 1.57. The van der Waals surface area contributed by atoms with Gasteiger partial charge in [-0.2, -0.15) is 15.0 Å². The molecule has 58 heavy (non-hydrogen) atoms. The molecule has 8 aromatic carbocycles. The molecule has 0 amide bonds. The van der Waals surface area contributed by atoms with E-state index in [-0.39, 0.29) is 0 Å². The Balaban J connectivity index is 1.17. The van der Waals surface area contributed by atoms with Crippen LogP contribution in [0.5, 0.6) is 0 Å². The Morgan fingerprint density at radius 1 is 0.328 bits per heavy atom. The van der Waals surface area contributed by atoms with Crippen LogP contribution in [-0.4, -0.2) is 28.7 Å². The van der Waals surface area contributed by atoms with Gasteiger partial charge in [0.25, 0.3) is 0 Å². The van der Waals surface area contributed by atoms with Gasteiger partial charge in [0.05, 0.1) is 38.7 Å². The maximum Gasteiger partial charge on any atom is 0.240 e. The summed E-state index contributed by atoms with van der Waals surface area (Å²) >= 11 is 0. The zero-order valence-electron chi connectivity index (χ0n) is 30.9. The van der Waals surface area contributed by atoms with Crippen LogP contribution in [0.3, 0.4) is 0 Å². The van der Waals surface area contributed by atoms with Crippen LogP contribution >= 0.6 is 0 Å². The molecule has 270 valence electrons.